The SMILES string of the molecule is CC/C=C\C/C=C\C/C=C\C/C=C\C/C=C\CCCCCCCCCCCCCC(=O)OCC(COC(=O)CCC/C=C\C/C=C\C/C=C\C/C=C\C/C=C\CC)OC(=O)CCCCCCCC/C=C\C/C=C\C/C=C\CCCCCCC. The van der Waals surface area contributed by atoms with Gasteiger partial charge in [0.2, 0.25) is 0 Å². The van der Waals surface area contributed by atoms with Gasteiger partial charge in [-0.15, -0.1) is 0 Å². The highest BCUT2D eigenvalue weighted by Crippen LogP contribution is 2.15. The van der Waals surface area contributed by atoms with E-state index in [0.717, 1.165) is 135 Å². The van der Waals surface area contributed by atoms with Gasteiger partial charge in [-0.25, -0.2) is 0 Å². The van der Waals surface area contributed by atoms with Crippen LogP contribution in [-0.2, 0) is 28.6 Å². The molecule has 0 spiro atoms. The van der Waals surface area contributed by atoms with E-state index in [1.807, 2.05) is 0 Å². The van der Waals surface area contributed by atoms with Crippen LogP contribution in [-0.4, -0.2) is 37.2 Å². The molecule has 6 heteroatoms. The fraction of sp³-hybridized carbons (Fsp3) is 0.623. The molecule has 0 saturated carbocycles. The zero-order chi connectivity index (χ0) is 59.9. The van der Waals surface area contributed by atoms with Gasteiger partial charge in [-0.1, -0.05) is 288 Å². The minimum Gasteiger partial charge on any atom is -0.462 e. The van der Waals surface area contributed by atoms with Gasteiger partial charge in [0.1, 0.15) is 13.2 Å². The van der Waals surface area contributed by atoms with Gasteiger partial charge in [-0.2, -0.15) is 0 Å². The number of rotatable bonds is 60. The van der Waals surface area contributed by atoms with Gasteiger partial charge in [0.05, 0.1) is 0 Å². The number of carbonyl (C=O) groups excluding carboxylic acids is 3. The standard InChI is InChI=1S/C77H124O6/c1-4-7-10-13-16-19-22-25-28-31-33-35-36-37-38-39-40-42-43-46-49-52-55-58-61-64-67-70-76(79)82-73-74(72-81-75(78)69-66-63-60-57-54-51-48-45-30-27-24-21-18-15-12-9-6-3)83-77(80)71-68-65-62-59-56-53-50-47-44-41-34-32-29-26-23-20-17-14-11-8-5-2/h7,9-10,12,16,18-19,21,23,25-28,30,32-35,37-38,44,47-48,51,57,60,74H,4-6,8,11,13-15,17,20,22,24,29,31,36,39-43,45-46,49-50,52-56,58-59,61-73H2,1-3H3/b10-7-,12-9-,19-16-,21-18-,26-23-,28-25-,30-27-,34-32-,35-33-,38-37-,47-44-,51-48-,60-57-. The summed E-state index contributed by atoms with van der Waals surface area (Å²) in [4.78, 5) is 38.4. The van der Waals surface area contributed by atoms with Crippen LogP contribution < -0.4 is 0 Å². The average Bonchev–Trinajstić information content (AvgIpc) is 3.49. The van der Waals surface area contributed by atoms with Crippen molar-refractivity contribution in [2.75, 3.05) is 13.2 Å². The average molecular weight is 1150 g/mol. The molecule has 0 rings (SSSR count). The van der Waals surface area contributed by atoms with Crippen LogP contribution in [0.15, 0.2) is 158 Å². The Morgan fingerprint density at radius 3 is 0.783 bits per heavy atom. The second-order valence-corrected chi connectivity index (χ2v) is 22.0. The Balaban J connectivity index is 4.46. The molecule has 0 fully saturated rings. The molecule has 0 aromatic heterocycles. The molecule has 83 heavy (non-hydrogen) atoms. The van der Waals surface area contributed by atoms with E-state index in [1.165, 1.54) is 109 Å². The Kier molecular flexibility index (Phi) is 65.4. The highest BCUT2D eigenvalue weighted by Gasteiger charge is 2.19. The fourth-order valence-corrected chi connectivity index (χ4v) is 8.98. The lowest BCUT2D eigenvalue weighted by molar-refractivity contribution is -0.167. The normalized spacial score (nSPS) is 13.1. The smallest absolute Gasteiger partial charge is 0.306 e. The summed E-state index contributed by atoms with van der Waals surface area (Å²) >= 11 is 0. The number of unbranched alkanes of at least 4 members (excludes halogenated alkanes) is 23. The Hall–Kier alpha value is -4.97. The van der Waals surface area contributed by atoms with Crippen molar-refractivity contribution in [2.45, 2.75) is 297 Å². The van der Waals surface area contributed by atoms with Crippen molar-refractivity contribution < 1.29 is 28.6 Å². The molecule has 0 aliphatic rings. The molecular formula is C77H124O6. The lowest BCUT2D eigenvalue weighted by atomic mass is 10.0. The van der Waals surface area contributed by atoms with Crippen LogP contribution in [0.25, 0.3) is 0 Å². The van der Waals surface area contributed by atoms with Crippen LogP contribution in [0, 0.1) is 0 Å². The number of ether oxygens (including phenoxy) is 3. The Bertz CT molecular complexity index is 1840. The van der Waals surface area contributed by atoms with Gasteiger partial charge in [-0.05, 0) is 141 Å². The second-order valence-electron chi connectivity index (χ2n) is 22.0. The summed E-state index contributed by atoms with van der Waals surface area (Å²) in [5.41, 5.74) is 0. The molecule has 0 N–H and O–H groups in total. The molecule has 0 heterocycles. The Morgan fingerprint density at radius 1 is 0.253 bits per heavy atom. The molecular weight excluding hydrogens is 1020 g/mol. The van der Waals surface area contributed by atoms with Crippen LogP contribution in [0.2, 0.25) is 0 Å². The number of hydrogen-bond acceptors (Lipinski definition) is 6. The van der Waals surface area contributed by atoms with Gasteiger partial charge in [0, 0.05) is 19.3 Å². The molecule has 0 aromatic rings. The van der Waals surface area contributed by atoms with E-state index >= 15 is 0 Å². The van der Waals surface area contributed by atoms with Crippen LogP contribution in [0.3, 0.4) is 0 Å². The van der Waals surface area contributed by atoms with Gasteiger partial charge >= 0.3 is 17.9 Å². The van der Waals surface area contributed by atoms with E-state index in [1.54, 1.807) is 0 Å². The van der Waals surface area contributed by atoms with Crippen LogP contribution in [0.4, 0.5) is 0 Å². The van der Waals surface area contributed by atoms with E-state index in [9.17, 15) is 14.4 Å². The maximum absolute atomic E-state index is 12.9. The summed E-state index contributed by atoms with van der Waals surface area (Å²) in [5.74, 6) is -0.983. The Morgan fingerprint density at radius 2 is 0.482 bits per heavy atom. The third kappa shape index (κ3) is 67.7. The molecule has 0 aliphatic carbocycles. The summed E-state index contributed by atoms with van der Waals surface area (Å²) in [6.07, 6.45) is 101. The van der Waals surface area contributed by atoms with Crippen LogP contribution in [0.5, 0.6) is 0 Å². The topological polar surface area (TPSA) is 78.9 Å². The molecule has 1 unspecified atom stereocenters. The first-order valence-electron chi connectivity index (χ1n) is 34.0. The number of esters is 3. The lowest BCUT2D eigenvalue weighted by Gasteiger charge is -2.18. The molecule has 1 atom stereocenters. The van der Waals surface area contributed by atoms with Crippen molar-refractivity contribution in [3.63, 3.8) is 0 Å². The van der Waals surface area contributed by atoms with Crippen molar-refractivity contribution in [1.82, 2.24) is 0 Å². The van der Waals surface area contributed by atoms with Crippen LogP contribution >= 0.6 is 0 Å². The van der Waals surface area contributed by atoms with Crippen molar-refractivity contribution >= 4 is 17.9 Å². The monoisotopic (exact) mass is 1140 g/mol. The third-order valence-electron chi connectivity index (χ3n) is 14.0. The van der Waals surface area contributed by atoms with E-state index in [-0.39, 0.29) is 37.5 Å². The summed E-state index contributed by atoms with van der Waals surface area (Å²) < 4.78 is 16.9. The molecule has 0 aromatic carbocycles. The van der Waals surface area contributed by atoms with Crippen LogP contribution in [0.1, 0.15) is 290 Å². The minimum atomic E-state index is -0.819. The zero-order valence-electron chi connectivity index (χ0n) is 53.7. The molecule has 468 valence electrons. The van der Waals surface area contributed by atoms with Crippen molar-refractivity contribution in [3.05, 3.63) is 158 Å². The Labute approximate surface area is 511 Å². The molecule has 0 saturated heterocycles. The van der Waals surface area contributed by atoms with E-state index in [0.29, 0.717) is 19.3 Å². The highest BCUT2D eigenvalue weighted by molar-refractivity contribution is 5.71. The molecule has 6 nitrogen and oxygen atoms in total. The molecule has 0 radical (unpaired) electrons. The number of allylic oxidation sites excluding steroid dienone is 26. The first kappa shape index (κ1) is 78.0. The third-order valence-corrected chi connectivity index (χ3v) is 14.0. The minimum absolute atomic E-state index is 0.108. The van der Waals surface area contributed by atoms with E-state index in [4.69, 9.17) is 14.2 Å². The summed E-state index contributed by atoms with van der Waals surface area (Å²) in [6.45, 7) is 6.35. The van der Waals surface area contributed by atoms with Gasteiger partial charge in [0.25, 0.3) is 0 Å². The molecule has 0 bridgehead atoms. The quantitative estimate of drug-likeness (QED) is 0.0261. The fourth-order valence-electron chi connectivity index (χ4n) is 8.98. The maximum Gasteiger partial charge on any atom is 0.306 e. The molecule has 0 amide bonds. The van der Waals surface area contributed by atoms with Gasteiger partial charge in [0.15, 0.2) is 6.10 Å². The largest absolute Gasteiger partial charge is 0.462 e. The van der Waals surface area contributed by atoms with Crippen molar-refractivity contribution in [1.29, 1.82) is 0 Å². The van der Waals surface area contributed by atoms with Crippen molar-refractivity contribution in [2.24, 2.45) is 0 Å². The first-order chi connectivity index (χ1) is 41.0. The molecule has 0 aliphatic heterocycles. The summed E-state index contributed by atoms with van der Waals surface area (Å²) in [5, 5.41) is 0. The number of hydrogen-bond donors (Lipinski definition) is 0. The summed E-state index contributed by atoms with van der Waals surface area (Å²) in [6, 6.07) is 0. The van der Waals surface area contributed by atoms with E-state index in [2.05, 4.69) is 179 Å². The lowest BCUT2D eigenvalue weighted by Crippen LogP contribution is -2.30. The van der Waals surface area contributed by atoms with E-state index < -0.39 is 6.10 Å². The van der Waals surface area contributed by atoms with Crippen molar-refractivity contribution in [3.8, 4) is 0 Å². The zero-order valence-corrected chi connectivity index (χ0v) is 53.7. The maximum atomic E-state index is 12.9. The first-order valence-corrected chi connectivity index (χ1v) is 34.0. The predicted octanol–water partition coefficient (Wildman–Crippen LogP) is 23.7. The predicted molar refractivity (Wildman–Crippen MR) is 362 cm³/mol. The number of carbonyl (C=O) groups is 3. The second kappa shape index (κ2) is 69.5. The summed E-state index contributed by atoms with van der Waals surface area (Å²) in [7, 11) is 0. The van der Waals surface area contributed by atoms with Gasteiger partial charge in [-0.3, -0.25) is 14.4 Å². The highest BCUT2D eigenvalue weighted by atomic mass is 16.6. The van der Waals surface area contributed by atoms with Gasteiger partial charge < -0.3 is 14.2 Å².